The van der Waals surface area contributed by atoms with Crippen molar-refractivity contribution in [3.8, 4) is 0 Å². The van der Waals surface area contributed by atoms with E-state index in [1.807, 2.05) is 19.9 Å². The predicted octanol–water partition coefficient (Wildman–Crippen LogP) is 2.48. The van der Waals surface area contributed by atoms with Crippen LogP contribution in [0.1, 0.15) is 49.9 Å². The van der Waals surface area contributed by atoms with Crippen LogP contribution in [0.25, 0.3) is 10.9 Å². The van der Waals surface area contributed by atoms with E-state index in [1.54, 1.807) is 18.3 Å². The molecule has 6 heteroatoms. The Bertz CT molecular complexity index is 724. The van der Waals surface area contributed by atoms with Crippen LogP contribution in [0.2, 0.25) is 0 Å². The second kappa shape index (κ2) is 7.13. The molecule has 0 radical (unpaired) electrons. The molecule has 0 bridgehead atoms. The topological polar surface area (TPSA) is 87.1 Å². The number of hydrogen-bond acceptors (Lipinski definition) is 5. The fraction of sp³-hybridized carbons (Fsp3) is 0.500. The first-order valence-electron chi connectivity index (χ1n) is 8.53. The minimum Gasteiger partial charge on any atom is -0.393 e. The SMILES string of the molecule is CC(C)NC(=O)c1ccc2cnc(N[C@H]3CC[C@H](O)CC3)nc2c1. The van der Waals surface area contributed by atoms with Gasteiger partial charge in [0, 0.05) is 29.2 Å². The van der Waals surface area contributed by atoms with Crippen molar-refractivity contribution in [1.82, 2.24) is 15.3 Å². The molecule has 3 rings (SSSR count). The lowest BCUT2D eigenvalue weighted by atomic mass is 9.93. The number of carbonyl (C=O) groups excluding carboxylic acids is 1. The van der Waals surface area contributed by atoms with Gasteiger partial charge in [-0.15, -0.1) is 0 Å². The number of rotatable bonds is 4. The summed E-state index contributed by atoms with van der Waals surface area (Å²) in [6, 6.07) is 5.84. The smallest absolute Gasteiger partial charge is 0.251 e. The molecule has 1 aromatic heterocycles. The van der Waals surface area contributed by atoms with Gasteiger partial charge in [0.1, 0.15) is 0 Å². The molecule has 1 fully saturated rings. The third kappa shape index (κ3) is 4.00. The number of anilines is 1. The standard InChI is InChI=1S/C18H24N4O2/c1-11(2)20-17(24)12-3-4-13-10-19-18(22-16(13)9-12)21-14-5-7-15(23)8-6-14/h3-4,9-11,14-15,23H,5-8H2,1-2H3,(H,20,24)(H,19,21,22)/t14-,15-. The Kier molecular flexibility index (Phi) is 4.94. The molecule has 24 heavy (non-hydrogen) atoms. The summed E-state index contributed by atoms with van der Waals surface area (Å²) in [5.41, 5.74) is 1.35. The normalized spacial score (nSPS) is 21.0. The van der Waals surface area contributed by atoms with E-state index < -0.39 is 0 Å². The Morgan fingerprint density at radius 2 is 2.00 bits per heavy atom. The highest BCUT2D eigenvalue weighted by Gasteiger charge is 2.20. The molecule has 1 amide bonds. The van der Waals surface area contributed by atoms with Gasteiger partial charge in [-0.1, -0.05) is 6.07 Å². The zero-order valence-electron chi connectivity index (χ0n) is 14.1. The number of amides is 1. The molecular weight excluding hydrogens is 304 g/mol. The van der Waals surface area contributed by atoms with Crippen LogP contribution in [-0.4, -0.2) is 39.2 Å². The van der Waals surface area contributed by atoms with Gasteiger partial charge < -0.3 is 15.7 Å². The van der Waals surface area contributed by atoms with Crippen LogP contribution in [0.3, 0.4) is 0 Å². The molecule has 0 unspecified atom stereocenters. The molecule has 0 saturated heterocycles. The van der Waals surface area contributed by atoms with Gasteiger partial charge in [0.2, 0.25) is 5.95 Å². The van der Waals surface area contributed by atoms with Crippen molar-refractivity contribution in [2.45, 2.75) is 57.7 Å². The van der Waals surface area contributed by atoms with Crippen molar-refractivity contribution < 1.29 is 9.90 Å². The maximum absolute atomic E-state index is 12.1. The average Bonchev–Trinajstić information content (AvgIpc) is 2.55. The van der Waals surface area contributed by atoms with Gasteiger partial charge in [0.05, 0.1) is 11.6 Å². The van der Waals surface area contributed by atoms with Gasteiger partial charge >= 0.3 is 0 Å². The molecule has 0 spiro atoms. The molecule has 128 valence electrons. The summed E-state index contributed by atoms with van der Waals surface area (Å²) in [6.45, 7) is 3.87. The van der Waals surface area contributed by atoms with E-state index in [0.29, 0.717) is 17.6 Å². The third-order valence-corrected chi connectivity index (χ3v) is 4.29. The maximum atomic E-state index is 12.1. The lowest BCUT2D eigenvalue weighted by Crippen LogP contribution is -2.30. The average molecular weight is 328 g/mol. The van der Waals surface area contributed by atoms with Crippen molar-refractivity contribution in [3.05, 3.63) is 30.0 Å². The molecule has 1 aromatic carbocycles. The molecule has 6 nitrogen and oxygen atoms in total. The van der Waals surface area contributed by atoms with Gasteiger partial charge in [-0.2, -0.15) is 0 Å². The van der Waals surface area contributed by atoms with Gasteiger partial charge in [-0.3, -0.25) is 4.79 Å². The zero-order valence-corrected chi connectivity index (χ0v) is 14.1. The summed E-state index contributed by atoms with van der Waals surface area (Å²) in [6.07, 6.45) is 5.04. The zero-order chi connectivity index (χ0) is 17.1. The summed E-state index contributed by atoms with van der Waals surface area (Å²) in [5, 5.41) is 16.7. The summed E-state index contributed by atoms with van der Waals surface area (Å²) in [7, 11) is 0. The Morgan fingerprint density at radius 3 is 2.71 bits per heavy atom. The van der Waals surface area contributed by atoms with Crippen molar-refractivity contribution in [2.24, 2.45) is 0 Å². The molecule has 1 aliphatic carbocycles. The van der Waals surface area contributed by atoms with Crippen molar-refractivity contribution in [2.75, 3.05) is 5.32 Å². The number of carbonyl (C=O) groups is 1. The number of benzene rings is 1. The van der Waals surface area contributed by atoms with Gasteiger partial charge in [0.25, 0.3) is 5.91 Å². The number of hydrogen-bond donors (Lipinski definition) is 3. The van der Waals surface area contributed by atoms with E-state index in [9.17, 15) is 9.90 Å². The number of nitrogens with one attached hydrogen (secondary N) is 2. The lowest BCUT2D eigenvalue weighted by molar-refractivity contribution is 0.0943. The molecule has 3 N–H and O–H groups in total. The van der Waals surface area contributed by atoms with Crippen LogP contribution < -0.4 is 10.6 Å². The molecule has 1 saturated carbocycles. The van der Waals surface area contributed by atoms with E-state index in [0.717, 1.165) is 36.6 Å². The minimum atomic E-state index is -0.178. The number of nitrogens with zero attached hydrogens (tertiary/aromatic N) is 2. The number of aliphatic hydroxyl groups is 1. The number of aliphatic hydroxyl groups excluding tert-OH is 1. The van der Waals surface area contributed by atoms with Crippen LogP contribution in [0.15, 0.2) is 24.4 Å². The van der Waals surface area contributed by atoms with E-state index in [1.165, 1.54) is 0 Å². The summed E-state index contributed by atoms with van der Waals surface area (Å²) < 4.78 is 0. The van der Waals surface area contributed by atoms with E-state index in [4.69, 9.17) is 0 Å². The van der Waals surface area contributed by atoms with Crippen LogP contribution in [-0.2, 0) is 0 Å². The molecular formula is C18H24N4O2. The highest BCUT2D eigenvalue weighted by atomic mass is 16.3. The van der Waals surface area contributed by atoms with E-state index in [-0.39, 0.29) is 18.1 Å². The van der Waals surface area contributed by atoms with Crippen molar-refractivity contribution in [1.29, 1.82) is 0 Å². The summed E-state index contributed by atoms with van der Waals surface area (Å²) in [5.74, 6) is 0.478. The summed E-state index contributed by atoms with van der Waals surface area (Å²) >= 11 is 0. The molecule has 0 atom stereocenters. The Balaban J connectivity index is 1.77. The first-order valence-corrected chi connectivity index (χ1v) is 8.53. The van der Waals surface area contributed by atoms with E-state index >= 15 is 0 Å². The molecule has 1 heterocycles. The largest absolute Gasteiger partial charge is 0.393 e. The highest BCUT2D eigenvalue weighted by molar-refractivity contribution is 5.97. The first kappa shape index (κ1) is 16.6. The van der Waals surface area contributed by atoms with Crippen LogP contribution in [0.5, 0.6) is 0 Å². The quantitative estimate of drug-likeness (QED) is 0.802. The second-order valence-corrected chi connectivity index (χ2v) is 6.75. The minimum absolute atomic E-state index is 0.0949. The first-order chi connectivity index (χ1) is 11.5. The predicted molar refractivity (Wildman–Crippen MR) is 94.0 cm³/mol. The Hall–Kier alpha value is -2.21. The lowest BCUT2D eigenvalue weighted by Gasteiger charge is -2.26. The molecule has 2 aromatic rings. The second-order valence-electron chi connectivity index (χ2n) is 6.75. The Labute approximate surface area is 141 Å². The van der Waals surface area contributed by atoms with Gasteiger partial charge in [0.15, 0.2) is 0 Å². The highest BCUT2D eigenvalue weighted by Crippen LogP contribution is 2.22. The number of fused-ring (bicyclic) bond motifs is 1. The fourth-order valence-electron chi connectivity index (χ4n) is 2.98. The number of aromatic nitrogens is 2. The Morgan fingerprint density at radius 1 is 1.25 bits per heavy atom. The third-order valence-electron chi connectivity index (χ3n) is 4.29. The van der Waals surface area contributed by atoms with Gasteiger partial charge in [-0.25, -0.2) is 9.97 Å². The molecule has 0 aliphatic heterocycles. The van der Waals surface area contributed by atoms with Crippen LogP contribution >= 0.6 is 0 Å². The van der Waals surface area contributed by atoms with Gasteiger partial charge in [-0.05, 0) is 51.7 Å². The van der Waals surface area contributed by atoms with Crippen LogP contribution in [0.4, 0.5) is 5.95 Å². The van der Waals surface area contributed by atoms with Crippen LogP contribution in [0, 0.1) is 0 Å². The van der Waals surface area contributed by atoms with Crippen molar-refractivity contribution in [3.63, 3.8) is 0 Å². The summed E-state index contributed by atoms with van der Waals surface area (Å²) in [4.78, 5) is 21.0. The fourth-order valence-corrected chi connectivity index (χ4v) is 2.98. The molecule has 1 aliphatic rings. The maximum Gasteiger partial charge on any atom is 0.251 e. The monoisotopic (exact) mass is 328 g/mol. The van der Waals surface area contributed by atoms with Crippen molar-refractivity contribution >= 4 is 22.8 Å². The van der Waals surface area contributed by atoms with E-state index in [2.05, 4.69) is 20.6 Å².